The molecule has 2 N–H and O–H groups in total. The van der Waals surface area contributed by atoms with Gasteiger partial charge in [-0.3, -0.25) is 4.79 Å². The summed E-state index contributed by atoms with van der Waals surface area (Å²) in [7, 11) is 0. The molecule has 1 aromatic heterocycles. The molecule has 3 aromatic rings. The maximum absolute atomic E-state index is 13.4. The Labute approximate surface area is 180 Å². The van der Waals surface area contributed by atoms with Crippen LogP contribution in [0.1, 0.15) is 51.9 Å². The quantitative estimate of drug-likeness (QED) is 0.651. The molecule has 0 bridgehead atoms. The maximum atomic E-state index is 13.4. The lowest BCUT2D eigenvalue weighted by molar-refractivity contribution is 0.0316. The number of nitrogens with zero attached hydrogens (tertiary/aromatic N) is 1. The zero-order valence-electron chi connectivity index (χ0n) is 17.2. The number of nitrogens with two attached hydrogens (primary N) is 1. The summed E-state index contributed by atoms with van der Waals surface area (Å²) in [5, 5.41) is 0.979. The third kappa shape index (κ3) is 3.95. The van der Waals surface area contributed by atoms with Crippen LogP contribution >= 0.6 is 0 Å². The van der Waals surface area contributed by atoms with Gasteiger partial charge < -0.3 is 19.8 Å². The molecule has 2 aliphatic rings. The van der Waals surface area contributed by atoms with Gasteiger partial charge in [-0.1, -0.05) is 12.1 Å². The molecular weight excluding hydrogens is 395 g/mol. The summed E-state index contributed by atoms with van der Waals surface area (Å²) in [5.74, 6) is -0.410. The van der Waals surface area contributed by atoms with Crippen molar-refractivity contribution in [2.75, 3.05) is 19.7 Å². The highest BCUT2D eigenvalue weighted by Gasteiger charge is 2.24. The smallest absolute Gasteiger partial charge is 0.248 e. The highest BCUT2D eigenvalue weighted by Crippen LogP contribution is 2.34. The van der Waals surface area contributed by atoms with Crippen LogP contribution in [-0.2, 0) is 11.2 Å². The van der Waals surface area contributed by atoms with Crippen molar-refractivity contribution in [3.63, 3.8) is 0 Å². The van der Waals surface area contributed by atoms with Crippen molar-refractivity contribution in [2.24, 2.45) is 5.73 Å². The first-order valence-corrected chi connectivity index (χ1v) is 10.7. The van der Waals surface area contributed by atoms with Crippen molar-refractivity contribution in [3.05, 3.63) is 83.0 Å². The number of ether oxygens (including phenoxy) is 1. The Balaban J connectivity index is 1.24. The summed E-state index contributed by atoms with van der Waals surface area (Å²) in [6.45, 7) is 2.49. The molecule has 0 fully saturated rings. The van der Waals surface area contributed by atoms with Gasteiger partial charge in [0.15, 0.2) is 0 Å². The average molecular weight is 420 g/mol. The van der Waals surface area contributed by atoms with Gasteiger partial charge in [0.1, 0.15) is 11.4 Å². The monoisotopic (exact) mass is 420 g/mol. The van der Waals surface area contributed by atoms with Crippen molar-refractivity contribution in [2.45, 2.75) is 31.3 Å². The zero-order valence-corrected chi connectivity index (χ0v) is 17.2. The number of primary amides is 1. The molecule has 160 valence electrons. The summed E-state index contributed by atoms with van der Waals surface area (Å²) in [5.41, 5.74) is 9.99. The SMILES string of the molecule is NC(=O)c1ccc2c(c1)CCOC2CCN1C=CC(c2coc3cc(F)ccc23)CC1. The van der Waals surface area contributed by atoms with Gasteiger partial charge in [-0.05, 0) is 60.9 Å². The first-order chi connectivity index (χ1) is 15.1. The molecule has 0 radical (unpaired) electrons. The molecule has 0 aliphatic carbocycles. The lowest BCUT2D eigenvalue weighted by Crippen LogP contribution is -2.27. The van der Waals surface area contributed by atoms with E-state index in [1.807, 2.05) is 12.1 Å². The second-order valence-corrected chi connectivity index (χ2v) is 8.28. The molecule has 6 heteroatoms. The van der Waals surface area contributed by atoms with Gasteiger partial charge in [0, 0.05) is 41.6 Å². The average Bonchev–Trinajstić information content (AvgIpc) is 3.20. The number of furan rings is 1. The number of hydrogen-bond acceptors (Lipinski definition) is 4. The lowest BCUT2D eigenvalue weighted by Gasteiger charge is -2.31. The predicted octanol–water partition coefficient (Wildman–Crippen LogP) is 4.68. The van der Waals surface area contributed by atoms with Gasteiger partial charge in [-0.25, -0.2) is 4.39 Å². The number of carbonyl (C=O) groups excluding carboxylic acids is 1. The van der Waals surface area contributed by atoms with E-state index in [0.29, 0.717) is 17.8 Å². The number of fused-ring (bicyclic) bond motifs is 2. The fourth-order valence-electron chi connectivity index (χ4n) is 4.67. The molecule has 2 unspecified atom stereocenters. The molecule has 2 aromatic carbocycles. The number of amides is 1. The summed E-state index contributed by atoms with van der Waals surface area (Å²) in [4.78, 5) is 13.8. The summed E-state index contributed by atoms with van der Waals surface area (Å²) >= 11 is 0. The van der Waals surface area contributed by atoms with Crippen LogP contribution in [0.15, 0.2) is 59.4 Å². The molecule has 0 saturated carbocycles. The van der Waals surface area contributed by atoms with Gasteiger partial charge >= 0.3 is 0 Å². The van der Waals surface area contributed by atoms with Crippen molar-refractivity contribution < 1.29 is 18.3 Å². The summed E-state index contributed by atoms with van der Waals surface area (Å²) in [6, 6.07) is 10.4. The maximum Gasteiger partial charge on any atom is 0.248 e. The molecule has 2 atom stereocenters. The van der Waals surface area contributed by atoms with Gasteiger partial charge in [-0.2, -0.15) is 0 Å². The Kier molecular flexibility index (Phi) is 5.24. The topological polar surface area (TPSA) is 68.7 Å². The van der Waals surface area contributed by atoms with Crippen molar-refractivity contribution >= 4 is 16.9 Å². The van der Waals surface area contributed by atoms with E-state index < -0.39 is 5.91 Å². The minimum absolute atomic E-state index is 0.0320. The van der Waals surface area contributed by atoms with E-state index in [1.54, 1.807) is 18.4 Å². The summed E-state index contributed by atoms with van der Waals surface area (Å²) in [6.07, 6.45) is 8.80. The number of carbonyl (C=O) groups is 1. The standard InChI is InChI=1S/C25H25FN2O3/c26-19-2-4-21-22(15-31-24(21)14-19)16-5-9-28(10-6-16)11-7-23-20-3-1-18(25(27)29)13-17(20)8-12-30-23/h1-5,9,13-16,23H,6-8,10-12H2,(H2,27,29). The Morgan fingerprint density at radius 1 is 1.19 bits per heavy atom. The lowest BCUT2D eigenvalue weighted by atomic mass is 9.92. The van der Waals surface area contributed by atoms with E-state index in [2.05, 4.69) is 17.2 Å². The van der Waals surface area contributed by atoms with Crippen molar-refractivity contribution in [1.29, 1.82) is 0 Å². The van der Waals surface area contributed by atoms with Gasteiger partial charge in [0.2, 0.25) is 5.91 Å². The van der Waals surface area contributed by atoms with Crippen LogP contribution in [0.4, 0.5) is 4.39 Å². The predicted molar refractivity (Wildman–Crippen MR) is 116 cm³/mol. The van der Waals surface area contributed by atoms with Crippen molar-refractivity contribution in [3.8, 4) is 0 Å². The van der Waals surface area contributed by atoms with Gasteiger partial charge in [-0.15, -0.1) is 0 Å². The molecule has 2 aliphatic heterocycles. The first-order valence-electron chi connectivity index (χ1n) is 10.7. The van der Waals surface area contributed by atoms with E-state index >= 15 is 0 Å². The van der Waals surface area contributed by atoms with Crippen LogP contribution in [0.25, 0.3) is 11.0 Å². The zero-order chi connectivity index (χ0) is 21.4. The van der Waals surface area contributed by atoms with Crippen molar-refractivity contribution in [1.82, 2.24) is 4.90 Å². The Hall–Kier alpha value is -3.12. The van der Waals surface area contributed by atoms with E-state index in [1.165, 1.54) is 12.1 Å². The fourth-order valence-corrected chi connectivity index (χ4v) is 4.67. The third-order valence-corrected chi connectivity index (χ3v) is 6.37. The molecule has 3 heterocycles. The summed E-state index contributed by atoms with van der Waals surface area (Å²) < 4.78 is 25.0. The molecule has 31 heavy (non-hydrogen) atoms. The molecule has 0 saturated heterocycles. The van der Waals surface area contributed by atoms with Crippen LogP contribution in [0.5, 0.6) is 0 Å². The van der Waals surface area contributed by atoms with Crippen LogP contribution < -0.4 is 5.73 Å². The molecular formula is C25H25FN2O3. The molecule has 5 rings (SSSR count). The third-order valence-electron chi connectivity index (χ3n) is 6.37. The van der Waals surface area contributed by atoms with Crippen LogP contribution in [0.3, 0.4) is 0 Å². The van der Waals surface area contributed by atoms with Gasteiger partial charge in [0.05, 0.1) is 19.0 Å². The fraction of sp³-hybridized carbons (Fsp3) is 0.320. The second-order valence-electron chi connectivity index (χ2n) is 8.28. The van der Waals surface area contributed by atoms with Gasteiger partial charge in [0.25, 0.3) is 0 Å². The Morgan fingerprint density at radius 2 is 2.10 bits per heavy atom. The van der Waals surface area contributed by atoms with Crippen LogP contribution in [0.2, 0.25) is 0 Å². The Morgan fingerprint density at radius 3 is 2.90 bits per heavy atom. The molecule has 0 spiro atoms. The van der Waals surface area contributed by atoms with Crippen LogP contribution in [0, 0.1) is 5.82 Å². The van der Waals surface area contributed by atoms with Crippen LogP contribution in [-0.4, -0.2) is 30.5 Å². The largest absolute Gasteiger partial charge is 0.464 e. The minimum atomic E-state index is -0.394. The number of hydrogen-bond donors (Lipinski definition) is 1. The van der Waals surface area contributed by atoms with E-state index in [4.69, 9.17) is 14.9 Å². The number of rotatable bonds is 5. The van der Waals surface area contributed by atoms with E-state index in [0.717, 1.165) is 54.4 Å². The Bertz CT molecular complexity index is 1150. The van der Waals surface area contributed by atoms with E-state index in [9.17, 15) is 9.18 Å². The normalized spacial score (nSPS) is 20.7. The highest BCUT2D eigenvalue weighted by atomic mass is 19.1. The number of benzene rings is 2. The molecule has 5 nitrogen and oxygen atoms in total. The number of halogens is 1. The highest BCUT2D eigenvalue weighted by molar-refractivity contribution is 5.93. The number of allylic oxidation sites excluding steroid dienone is 1. The first kappa shape index (κ1) is 19.8. The second kappa shape index (κ2) is 8.19. The molecule has 1 amide bonds. The van der Waals surface area contributed by atoms with E-state index in [-0.39, 0.29) is 17.8 Å². The minimum Gasteiger partial charge on any atom is -0.464 e.